The lowest BCUT2D eigenvalue weighted by Crippen LogP contribution is -2.28. The van der Waals surface area contributed by atoms with E-state index >= 15 is 0 Å². The number of hydrogen-bond acceptors (Lipinski definition) is 1. The molecule has 23 heavy (non-hydrogen) atoms. The zero-order valence-corrected chi connectivity index (χ0v) is 12.0. The molecule has 0 spiro atoms. The fourth-order valence-electron chi connectivity index (χ4n) is 1.77. The minimum atomic E-state index is -2.26. The summed E-state index contributed by atoms with van der Waals surface area (Å²) in [6.45, 7) is 0.0531. The van der Waals surface area contributed by atoms with Gasteiger partial charge in [0.2, 0.25) is 0 Å². The molecule has 4 unspecified atom stereocenters. The van der Waals surface area contributed by atoms with Crippen molar-refractivity contribution < 1.29 is 35.1 Å². The molecule has 0 bridgehead atoms. The molecule has 0 saturated carbocycles. The first kappa shape index (κ1) is 19.5. The van der Waals surface area contributed by atoms with E-state index in [1.54, 1.807) is 0 Å². The average molecular weight is 349 g/mol. The molecule has 1 N–H and O–H groups in total. The average Bonchev–Trinajstić information content (AvgIpc) is 2.51. The number of rotatable bonds is 8. The van der Waals surface area contributed by atoms with Crippen molar-refractivity contribution in [1.29, 1.82) is 0 Å². The molecule has 0 amide bonds. The van der Waals surface area contributed by atoms with Crippen LogP contribution in [0.5, 0.6) is 0 Å². The Morgan fingerprint density at radius 3 is 1.96 bits per heavy atom. The Morgan fingerprint density at radius 2 is 1.39 bits per heavy atom. The van der Waals surface area contributed by atoms with Crippen molar-refractivity contribution in [3.8, 4) is 0 Å². The van der Waals surface area contributed by atoms with Gasteiger partial charge in [-0.1, -0.05) is 0 Å². The van der Waals surface area contributed by atoms with Gasteiger partial charge in [0.05, 0.1) is 5.69 Å². The molecule has 9 heteroatoms. The van der Waals surface area contributed by atoms with E-state index in [2.05, 4.69) is 0 Å². The van der Waals surface area contributed by atoms with Crippen LogP contribution in [0.3, 0.4) is 0 Å². The SMILES string of the molecule is CC(F)C(F)CCC(F)C(F)CNc1cc(F)c(F)c(F)c1F. The van der Waals surface area contributed by atoms with Gasteiger partial charge in [-0.3, -0.25) is 0 Å². The van der Waals surface area contributed by atoms with Gasteiger partial charge in [0, 0.05) is 12.6 Å². The third-order valence-electron chi connectivity index (χ3n) is 3.20. The van der Waals surface area contributed by atoms with Gasteiger partial charge in [0.15, 0.2) is 23.3 Å². The van der Waals surface area contributed by atoms with Gasteiger partial charge in [0.25, 0.3) is 0 Å². The standard InChI is InChI=1S/C14H15F8N/c1-6(15)7(16)2-3-8(17)10(19)5-23-11-4-9(18)12(20)14(22)13(11)21/h4,6-8,10,23H,2-3,5H2,1H3. The molecule has 0 aliphatic rings. The third kappa shape index (κ3) is 5.24. The van der Waals surface area contributed by atoms with Gasteiger partial charge in [-0.2, -0.15) is 0 Å². The fraction of sp³-hybridized carbons (Fsp3) is 0.571. The van der Waals surface area contributed by atoms with Crippen LogP contribution in [0.2, 0.25) is 0 Å². The van der Waals surface area contributed by atoms with Crippen LogP contribution < -0.4 is 5.32 Å². The maximum atomic E-state index is 13.5. The highest BCUT2D eigenvalue weighted by atomic mass is 19.2. The first-order valence-corrected chi connectivity index (χ1v) is 6.78. The summed E-state index contributed by atoms with van der Waals surface area (Å²) in [4.78, 5) is 0. The molecule has 0 saturated heterocycles. The largest absolute Gasteiger partial charge is 0.379 e. The zero-order chi connectivity index (χ0) is 17.7. The lowest BCUT2D eigenvalue weighted by Gasteiger charge is -2.17. The number of nitrogens with one attached hydrogen (secondary N) is 1. The topological polar surface area (TPSA) is 12.0 Å². The number of hydrogen-bond donors (Lipinski definition) is 1. The highest BCUT2D eigenvalue weighted by molar-refractivity contribution is 5.46. The molecule has 4 atom stereocenters. The minimum absolute atomic E-state index is 0.260. The number of anilines is 1. The van der Waals surface area contributed by atoms with Crippen LogP contribution in [0, 0.1) is 23.3 Å². The van der Waals surface area contributed by atoms with E-state index in [1.807, 2.05) is 5.32 Å². The molecular formula is C14H15F8N. The van der Waals surface area contributed by atoms with Gasteiger partial charge in [-0.05, 0) is 19.8 Å². The van der Waals surface area contributed by atoms with Crippen LogP contribution >= 0.6 is 0 Å². The molecule has 0 aliphatic heterocycles. The normalized spacial score (nSPS) is 16.7. The Labute approximate surface area is 127 Å². The van der Waals surface area contributed by atoms with E-state index in [1.165, 1.54) is 0 Å². The smallest absolute Gasteiger partial charge is 0.199 e. The Balaban J connectivity index is 2.58. The molecular weight excluding hydrogens is 334 g/mol. The van der Waals surface area contributed by atoms with Crippen molar-refractivity contribution in [2.75, 3.05) is 11.9 Å². The predicted molar refractivity (Wildman–Crippen MR) is 69.3 cm³/mol. The first-order chi connectivity index (χ1) is 10.6. The van der Waals surface area contributed by atoms with Gasteiger partial charge in [-0.25, -0.2) is 35.1 Å². The second kappa shape index (κ2) is 8.35. The lowest BCUT2D eigenvalue weighted by molar-refractivity contribution is 0.125. The molecule has 0 heterocycles. The van der Waals surface area contributed by atoms with Crippen LogP contribution in [0.4, 0.5) is 40.8 Å². The van der Waals surface area contributed by atoms with Crippen LogP contribution in [0.25, 0.3) is 0 Å². The number of halogens is 8. The third-order valence-corrected chi connectivity index (χ3v) is 3.20. The van der Waals surface area contributed by atoms with E-state index in [0.29, 0.717) is 0 Å². The van der Waals surface area contributed by atoms with Gasteiger partial charge in [0.1, 0.15) is 24.7 Å². The monoisotopic (exact) mass is 349 g/mol. The van der Waals surface area contributed by atoms with Crippen LogP contribution in [0.1, 0.15) is 19.8 Å². The Bertz CT molecular complexity index is 522. The molecule has 132 valence electrons. The van der Waals surface area contributed by atoms with Crippen molar-refractivity contribution in [3.63, 3.8) is 0 Å². The molecule has 0 aromatic heterocycles. The Hall–Kier alpha value is -1.54. The predicted octanol–water partition coefficient (Wildman–Crippen LogP) is 4.81. The maximum Gasteiger partial charge on any atom is 0.199 e. The van der Waals surface area contributed by atoms with E-state index in [9.17, 15) is 35.1 Å². The Kier molecular flexibility index (Phi) is 7.08. The molecule has 1 nitrogen and oxygen atoms in total. The summed E-state index contributed by atoms with van der Waals surface area (Å²) in [7, 11) is 0. The summed E-state index contributed by atoms with van der Waals surface area (Å²) in [6, 6.07) is 0.260. The molecule has 0 radical (unpaired) electrons. The minimum Gasteiger partial charge on any atom is -0.379 e. The van der Waals surface area contributed by atoms with Crippen molar-refractivity contribution in [1.82, 2.24) is 0 Å². The summed E-state index contributed by atoms with van der Waals surface area (Å²) in [5, 5.41) is 1.91. The van der Waals surface area contributed by atoms with Gasteiger partial charge < -0.3 is 5.32 Å². The fourth-order valence-corrected chi connectivity index (χ4v) is 1.77. The Morgan fingerprint density at radius 1 is 0.826 bits per heavy atom. The van der Waals surface area contributed by atoms with Crippen LogP contribution in [-0.4, -0.2) is 31.2 Å². The summed E-state index contributed by atoms with van der Waals surface area (Å²) >= 11 is 0. The number of alkyl halides is 4. The number of benzene rings is 1. The summed E-state index contributed by atoms with van der Waals surface area (Å²) in [5.74, 6) is -7.59. The maximum absolute atomic E-state index is 13.5. The summed E-state index contributed by atoms with van der Waals surface area (Å²) in [5.41, 5.74) is -0.878. The quantitative estimate of drug-likeness (QED) is 0.404. The zero-order valence-electron chi connectivity index (χ0n) is 12.0. The molecule has 1 aromatic carbocycles. The summed E-state index contributed by atoms with van der Waals surface area (Å²) < 4.78 is 104. The molecule has 1 aromatic rings. The van der Waals surface area contributed by atoms with Crippen molar-refractivity contribution in [2.24, 2.45) is 0 Å². The van der Waals surface area contributed by atoms with E-state index in [0.717, 1.165) is 6.92 Å². The van der Waals surface area contributed by atoms with Gasteiger partial charge in [-0.15, -0.1) is 0 Å². The van der Waals surface area contributed by atoms with Crippen LogP contribution in [0.15, 0.2) is 6.07 Å². The van der Waals surface area contributed by atoms with Crippen molar-refractivity contribution in [3.05, 3.63) is 29.3 Å². The van der Waals surface area contributed by atoms with Crippen LogP contribution in [-0.2, 0) is 0 Å². The van der Waals surface area contributed by atoms with E-state index in [-0.39, 0.29) is 6.07 Å². The first-order valence-electron chi connectivity index (χ1n) is 6.78. The second-order valence-electron chi connectivity index (χ2n) is 5.03. The van der Waals surface area contributed by atoms with Crippen molar-refractivity contribution in [2.45, 2.75) is 44.5 Å². The molecule has 0 aliphatic carbocycles. The highest BCUT2D eigenvalue weighted by Gasteiger charge is 2.25. The lowest BCUT2D eigenvalue weighted by atomic mass is 10.1. The summed E-state index contributed by atoms with van der Waals surface area (Å²) in [6.07, 6.45) is -9.37. The second-order valence-corrected chi connectivity index (χ2v) is 5.03. The van der Waals surface area contributed by atoms with Crippen molar-refractivity contribution >= 4 is 5.69 Å². The van der Waals surface area contributed by atoms with E-state index in [4.69, 9.17) is 0 Å². The van der Waals surface area contributed by atoms with Gasteiger partial charge >= 0.3 is 0 Å². The molecule has 0 fully saturated rings. The molecule has 1 rings (SSSR count). The highest BCUT2D eigenvalue weighted by Crippen LogP contribution is 2.23. The van der Waals surface area contributed by atoms with E-state index < -0.39 is 73.0 Å².